The molecule has 0 aliphatic carbocycles. The number of aromatic nitrogens is 2. The van der Waals surface area contributed by atoms with Crippen molar-refractivity contribution in [3.05, 3.63) is 53.1 Å². The molecule has 2 unspecified atom stereocenters. The maximum Gasteiger partial charge on any atom is 0.254 e. The molecular weight excluding hydrogens is 326 g/mol. The van der Waals surface area contributed by atoms with E-state index >= 15 is 0 Å². The Balaban J connectivity index is 1.60. The lowest BCUT2D eigenvalue weighted by molar-refractivity contribution is -0.0555. The van der Waals surface area contributed by atoms with Crippen molar-refractivity contribution >= 4 is 17.5 Å². The molecule has 2 aromatic rings. The van der Waals surface area contributed by atoms with Gasteiger partial charge < -0.3 is 14.6 Å². The van der Waals surface area contributed by atoms with Crippen molar-refractivity contribution in [3.63, 3.8) is 0 Å². The Morgan fingerprint density at radius 1 is 1.25 bits per heavy atom. The van der Waals surface area contributed by atoms with E-state index in [1.54, 1.807) is 30.5 Å². The second-order valence-corrected chi connectivity index (χ2v) is 7.34. The van der Waals surface area contributed by atoms with Gasteiger partial charge in [0, 0.05) is 55.0 Å². The van der Waals surface area contributed by atoms with E-state index in [1.165, 1.54) is 0 Å². The maximum atomic E-state index is 12.9. The second kappa shape index (κ2) is 5.60. The van der Waals surface area contributed by atoms with Crippen LogP contribution in [0.1, 0.15) is 41.9 Å². The number of nitrogens with zero attached hydrogens (tertiary/aromatic N) is 3. The van der Waals surface area contributed by atoms with Crippen LogP contribution in [-0.2, 0) is 12.6 Å². The van der Waals surface area contributed by atoms with Crippen LogP contribution in [0.15, 0.2) is 36.7 Å². The molecule has 1 N–H and O–H groups in total. The summed E-state index contributed by atoms with van der Waals surface area (Å²) in [5.41, 5.74) is -0.306. The Morgan fingerprint density at radius 3 is 2.42 bits per heavy atom. The molecule has 6 heteroatoms. The number of rotatable bonds is 2. The van der Waals surface area contributed by atoms with Crippen LogP contribution in [0.5, 0.6) is 0 Å². The molecule has 2 fully saturated rings. The number of aryl methyl sites for hydroxylation is 1. The van der Waals surface area contributed by atoms with E-state index in [4.69, 9.17) is 11.6 Å². The number of carbonyl (C=O) groups excluding carboxylic acids is 1. The van der Waals surface area contributed by atoms with Gasteiger partial charge in [-0.05, 0) is 37.1 Å². The van der Waals surface area contributed by atoms with Crippen LogP contribution in [0.2, 0.25) is 5.02 Å². The molecule has 2 atom stereocenters. The Morgan fingerprint density at radius 2 is 1.88 bits per heavy atom. The van der Waals surface area contributed by atoms with Crippen molar-refractivity contribution in [2.75, 3.05) is 0 Å². The Labute approximate surface area is 145 Å². The largest absolute Gasteiger partial charge is 0.382 e. The first-order chi connectivity index (χ1) is 11.5. The molecule has 0 spiro atoms. The Hall–Kier alpha value is -1.85. The summed E-state index contributed by atoms with van der Waals surface area (Å²) in [5, 5.41) is 11.8. The lowest BCUT2D eigenvalue weighted by Crippen LogP contribution is -2.52. The minimum absolute atomic E-state index is 0.0288. The van der Waals surface area contributed by atoms with E-state index < -0.39 is 5.60 Å². The SMILES string of the molecule is Cn1ccnc1C1(O)CC2CCC(C1)N2C(=O)c1ccc(Cl)cc1. The fraction of sp³-hybridized carbons (Fsp3) is 0.444. The number of hydrogen-bond acceptors (Lipinski definition) is 3. The van der Waals surface area contributed by atoms with Crippen LogP contribution in [-0.4, -0.2) is 37.5 Å². The summed E-state index contributed by atoms with van der Waals surface area (Å²) in [7, 11) is 1.90. The van der Waals surface area contributed by atoms with E-state index in [0.717, 1.165) is 12.8 Å². The summed E-state index contributed by atoms with van der Waals surface area (Å²) in [6.45, 7) is 0. The van der Waals surface area contributed by atoms with Gasteiger partial charge in [0.2, 0.25) is 0 Å². The third kappa shape index (κ3) is 2.43. The molecule has 24 heavy (non-hydrogen) atoms. The molecule has 1 amide bonds. The normalized spacial score (nSPS) is 29.0. The molecule has 0 saturated carbocycles. The molecule has 126 valence electrons. The summed E-state index contributed by atoms with van der Waals surface area (Å²) in [6, 6.07) is 7.12. The van der Waals surface area contributed by atoms with Crippen LogP contribution >= 0.6 is 11.6 Å². The first-order valence-corrected chi connectivity index (χ1v) is 8.64. The number of benzene rings is 1. The first kappa shape index (κ1) is 15.7. The summed E-state index contributed by atoms with van der Waals surface area (Å²) < 4.78 is 1.87. The maximum absolute atomic E-state index is 12.9. The molecule has 2 aliphatic rings. The number of aliphatic hydroxyl groups is 1. The van der Waals surface area contributed by atoms with Gasteiger partial charge in [-0.3, -0.25) is 4.79 Å². The lowest BCUT2D eigenvalue weighted by Gasteiger charge is -2.43. The average molecular weight is 346 g/mol. The molecule has 2 bridgehead atoms. The molecule has 1 aromatic carbocycles. The molecule has 0 radical (unpaired) electrons. The van der Waals surface area contributed by atoms with Crippen molar-refractivity contribution in [2.24, 2.45) is 7.05 Å². The van der Waals surface area contributed by atoms with E-state index in [1.807, 2.05) is 22.7 Å². The predicted molar refractivity (Wildman–Crippen MR) is 90.8 cm³/mol. The highest BCUT2D eigenvalue weighted by molar-refractivity contribution is 6.30. The van der Waals surface area contributed by atoms with Gasteiger partial charge in [0.05, 0.1) is 0 Å². The number of fused-ring (bicyclic) bond motifs is 2. The Kier molecular flexibility index (Phi) is 3.66. The standard InChI is InChI=1S/C18H20ClN3O2/c1-21-9-8-20-17(21)18(24)10-14-6-7-15(11-18)22(14)16(23)12-2-4-13(19)5-3-12/h2-5,8-9,14-15,24H,6-7,10-11H2,1H3. The highest BCUT2D eigenvalue weighted by Gasteiger charge is 2.51. The second-order valence-electron chi connectivity index (χ2n) is 6.91. The molecular formula is C18H20ClN3O2. The van der Waals surface area contributed by atoms with Gasteiger partial charge in [-0.25, -0.2) is 4.98 Å². The fourth-order valence-corrected chi connectivity index (χ4v) is 4.42. The molecule has 1 aromatic heterocycles. The minimum Gasteiger partial charge on any atom is -0.382 e. The number of piperidine rings is 1. The van der Waals surface area contributed by atoms with E-state index in [-0.39, 0.29) is 18.0 Å². The summed E-state index contributed by atoms with van der Waals surface area (Å²) in [4.78, 5) is 19.2. The zero-order valence-electron chi connectivity index (χ0n) is 13.5. The highest BCUT2D eigenvalue weighted by atomic mass is 35.5. The van der Waals surface area contributed by atoms with Gasteiger partial charge in [-0.2, -0.15) is 0 Å². The third-order valence-electron chi connectivity index (χ3n) is 5.33. The van der Waals surface area contributed by atoms with Gasteiger partial charge in [0.1, 0.15) is 11.4 Å². The zero-order valence-corrected chi connectivity index (χ0v) is 14.3. The van der Waals surface area contributed by atoms with Crippen molar-refractivity contribution < 1.29 is 9.90 Å². The van der Waals surface area contributed by atoms with E-state index in [2.05, 4.69) is 4.98 Å². The van der Waals surface area contributed by atoms with Crippen LogP contribution in [0, 0.1) is 0 Å². The van der Waals surface area contributed by atoms with E-state index in [9.17, 15) is 9.90 Å². The topological polar surface area (TPSA) is 58.4 Å². The lowest BCUT2D eigenvalue weighted by atomic mass is 9.85. The Bertz CT molecular complexity index is 757. The molecule has 2 aliphatic heterocycles. The number of imidazole rings is 1. The summed E-state index contributed by atoms with van der Waals surface area (Å²) in [5.74, 6) is 0.721. The number of carbonyl (C=O) groups is 1. The minimum atomic E-state index is -0.957. The van der Waals surface area contributed by atoms with Crippen molar-refractivity contribution in [1.29, 1.82) is 0 Å². The van der Waals surface area contributed by atoms with Gasteiger partial charge in [-0.1, -0.05) is 11.6 Å². The molecule has 5 nitrogen and oxygen atoms in total. The molecule has 3 heterocycles. The van der Waals surface area contributed by atoms with Crippen LogP contribution in [0.3, 0.4) is 0 Å². The zero-order chi connectivity index (χ0) is 16.9. The van der Waals surface area contributed by atoms with Gasteiger partial charge >= 0.3 is 0 Å². The molecule has 4 rings (SSSR count). The predicted octanol–water partition coefficient (Wildman–Crippen LogP) is 2.73. The quantitative estimate of drug-likeness (QED) is 0.910. The number of halogens is 1. The third-order valence-corrected chi connectivity index (χ3v) is 5.58. The van der Waals surface area contributed by atoms with Gasteiger partial charge in [0.15, 0.2) is 0 Å². The smallest absolute Gasteiger partial charge is 0.254 e. The summed E-state index contributed by atoms with van der Waals surface area (Å²) >= 11 is 5.91. The van der Waals surface area contributed by atoms with Crippen LogP contribution < -0.4 is 0 Å². The number of hydrogen-bond donors (Lipinski definition) is 1. The number of amides is 1. The van der Waals surface area contributed by atoms with Gasteiger partial charge in [0.25, 0.3) is 5.91 Å². The fourth-order valence-electron chi connectivity index (χ4n) is 4.29. The van der Waals surface area contributed by atoms with Crippen LogP contribution in [0.25, 0.3) is 0 Å². The van der Waals surface area contributed by atoms with Crippen molar-refractivity contribution in [2.45, 2.75) is 43.4 Å². The van der Waals surface area contributed by atoms with Crippen LogP contribution in [0.4, 0.5) is 0 Å². The van der Waals surface area contributed by atoms with Crippen molar-refractivity contribution in [1.82, 2.24) is 14.5 Å². The highest BCUT2D eigenvalue weighted by Crippen LogP contribution is 2.45. The molecule has 2 saturated heterocycles. The van der Waals surface area contributed by atoms with Gasteiger partial charge in [-0.15, -0.1) is 0 Å². The average Bonchev–Trinajstić information content (AvgIpc) is 3.10. The van der Waals surface area contributed by atoms with E-state index in [0.29, 0.717) is 29.3 Å². The summed E-state index contributed by atoms with van der Waals surface area (Å²) in [6.07, 6.45) is 6.48. The van der Waals surface area contributed by atoms with Crippen molar-refractivity contribution in [3.8, 4) is 0 Å². The monoisotopic (exact) mass is 345 g/mol. The first-order valence-electron chi connectivity index (χ1n) is 8.26.